The number of hydrogen-bond acceptors (Lipinski definition) is 2. The minimum atomic E-state index is -2.24. The second-order valence-electron chi connectivity index (χ2n) is 6.69. The smallest absolute Gasteiger partial charge is 0.239 e. The fraction of sp³-hybridized carbons (Fsp3) is 0.500. The van der Waals surface area contributed by atoms with Crippen LogP contribution in [0.5, 0.6) is 0 Å². The summed E-state index contributed by atoms with van der Waals surface area (Å²) in [6.45, 7) is 4.94. The Morgan fingerprint density at radius 1 is 1.26 bits per heavy atom. The quantitative estimate of drug-likeness (QED) is 0.845. The zero-order chi connectivity index (χ0) is 16.6. The normalized spacial score (nSPS) is 17.9. The van der Waals surface area contributed by atoms with E-state index in [-0.39, 0.29) is 12.3 Å². The van der Waals surface area contributed by atoms with Crippen molar-refractivity contribution in [2.75, 3.05) is 11.4 Å². The number of fused-ring (bicyclic) bond motifs is 1. The Bertz CT molecular complexity index is 679. The molecule has 3 nitrogen and oxygen atoms in total. The highest BCUT2D eigenvalue weighted by Gasteiger charge is 2.28. The van der Waals surface area contributed by atoms with Crippen LogP contribution in [-0.2, 0) is 13.5 Å². The lowest BCUT2D eigenvalue weighted by Crippen LogP contribution is -2.40. The van der Waals surface area contributed by atoms with E-state index in [4.69, 9.17) is 0 Å². The standard InChI is InChI=1S/C18H23F2N3/c1-12(2)23-10-13(7-18(19)20)6-15-8-14(4-5-17(15)23)16-9-21-22(3)11-16/h4-5,8-9,11-13,18H,6-7,10H2,1-3H3. The first kappa shape index (κ1) is 16.0. The van der Waals surface area contributed by atoms with Gasteiger partial charge in [-0.25, -0.2) is 8.78 Å². The number of alkyl halides is 2. The van der Waals surface area contributed by atoms with Gasteiger partial charge in [0.25, 0.3) is 0 Å². The van der Waals surface area contributed by atoms with Crippen molar-refractivity contribution in [2.45, 2.75) is 39.2 Å². The molecular weight excluding hydrogens is 296 g/mol. The third-order valence-electron chi connectivity index (χ3n) is 4.53. The van der Waals surface area contributed by atoms with E-state index in [0.717, 1.165) is 23.1 Å². The van der Waals surface area contributed by atoms with Gasteiger partial charge in [0.05, 0.1) is 6.20 Å². The SMILES string of the molecule is CC(C)N1CC(CC(F)F)Cc2cc(-c3cnn(C)c3)ccc21. The molecule has 3 rings (SSSR count). The lowest BCUT2D eigenvalue weighted by Gasteiger charge is -2.39. The van der Waals surface area contributed by atoms with Crippen molar-refractivity contribution in [1.29, 1.82) is 0 Å². The molecule has 1 aliphatic rings. The average Bonchev–Trinajstić information content (AvgIpc) is 2.91. The van der Waals surface area contributed by atoms with E-state index in [2.05, 4.69) is 42.0 Å². The maximum atomic E-state index is 12.8. The highest BCUT2D eigenvalue weighted by Crippen LogP contribution is 2.36. The lowest BCUT2D eigenvalue weighted by molar-refractivity contribution is 0.114. The first-order valence-corrected chi connectivity index (χ1v) is 8.10. The van der Waals surface area contributed by atoms with Crippen LogP contribution >= 0.6 is 0 Å². The predicted molar refractivity (Wildman–Crippen MR) is 88.9 cm³/mol. The molecule has 0 aliphatic carbocycles. The highest BCUT2D eigenvalue weighted by atomic mass is 19.3. The van der Waals surface area contributed by atoms with Gasteiger partial charge >= 0.3 is 0 Å². The van der Waals surface area contributed by atoms with Crippen LogP contribution in [0.2, 0.25) is 0 Å². The number of hydrogen-bond donors (Lipinski definition) is 0. The number of aryl methyl sites for hydroxylation is 1. The van der Waals surface area contributed by atoms with Crippen molar-refractivity contribution < 1.29 is 8.78 Å². The molecule has 0 N–H and O–H groups in total. The van der Waals surface area contributed by atoms with Crippen LogP contribution in [-0.4, -0.2) is 28.8 Å². The van der Waals surface area contributed by atoms with Crippen LogP contribution < -0.4 is 4.90 Å². The fourth-order valence-corrected chi connectivity index (χ4v) is 3.43. The Labute approximate surface area is 135 Å². The summed E-state index contributed by atoms with van der Waals surface area (Å²) in [4.78, 5) is 2.25. The van der Waals surface area contributed by atoms with E-state index in [0.29, 0.717) is 12.6 Å². The Morgan fingerprint density at radius 3 is 2.65 bits per heavy atom. The second kappa shape index (κ2) is 6.30. The number of anilines is 1. The van der Waals surface area contributed by atoms with Crippen LogP contribution in [0.25, 0.3) is 11.1 Å². The van der Waals surface area contributed by atoms with E-state index in [1.54, 1.807) is 4.68 Å². The molecule has 0 fully saturated rings. The highest BCUT2D eigenvalue weighted by molar-refractivity contribution is 5.69. The molecule has 5 heteroatoms. The number of benzene rings is 1. The molecular formula is C18H23F2N3. The molecule has 0 saturated heterocycles. The lowest BCUT2D eigenvalue weighted by atomic mass is 9.88. The monoisotopic (exact) mass is 319 g/mol. The molecule has 1 atom stereocenters. The van der Waals surface area contributed by atoms with Gasteiger partial charge in [0, 0.05) is 43.5 Å². The van der Waals surface area contributed by atoms with E-state index >= 15 is 0 Å². The second-order valence-corrected chi connectivity index (χ2v) is 6.69. The fourth-order valence-electron chi connectivity index (χ4n) is 3.43. The topological polar surface area (TPSA) is 21.1 Å². The molecule has 0 bridgehead atoms. The predicted octanol–water partition coefficient (Wildman–Crippen LogP) is 4.13. The first-order valence-electron chi connectivity index (χ1n) is 8.10. The molecule has 1 aromatic carbocycles. The Hall–Kier alpha value is -1.91. The number of nitrogens with zero attached hydrogens (tertiary/aromatic N) is 3. The van der Waals surface area contributed by atoms with Crippen LogP contribution in [0.3, 0.4) is 0 Å². The zero-order valence-electron chi connectivity index (χ0n) is 13.8. The molecule has 1 aromatic heterocycles. The summed E-state index contributed by atoms with van der Waals surface area (Å²) in [5.41, 5.74) is 4.50. The summed E-state index contributed by atoms with van der Waals surface area (Å²) >= 11 is 0. The van der Waals surface area contributed by atoms with Crippen molar-refractivity contribution >= 4 is 5.69 Å². The summed E-state index contributed by atoms with van der Waals surface area (Å²) in [7, 11) is 1.89. The van der Waals surface area contributed by atoms with E-state index < -0.39 is 6.43 Å². The maximum absolute atomic E-state index is 12.8. The first-order chi connectivity index (χ1) is 10.9. The Kier molecular flexibility index (Phi) is 4.37. The molecule has 0 amide bonds. The molecule has 0 radical (unpaired) electrons. The van der Waals surface area contributed by atoms with Gasteiger partial charge < -0.3 is 4.90 Å². The van der Waals surface area contributed by atoms with E-state index in [1.807, 2.05) is 19.4 Å². The third kappa shape index (κ3) is 3.38. The van der Waals surface area contributed by atoms with Gasteiger partial charge in [-0.1, -0.05) is 6.07 Å². The van der Waals surface area contributed by atoms with Gasteiger partial charge in [0.15, 0.2) is 0 Å². The van der Waals surface area contributed by atoms with Gasteiger partial charge in [0.1, 0.15) is 0 Å². The molecule has 0 saturated carbocycles. The van der Waals surface area contributed by atoms with Gasteiger partial charge in [-0.3, -0.25) is 4.68 Å². The van der Waals surface area contributed by atoms with Crippen LogP contribution in [0.1, 0.15) is 25.8 Å². The van der Waals surface area contributed by atoms with Crippen molar-refractivity contribution in [3.05, 3.63) is 36.2 Å². The summed E-state index contributed by atoms with van der Waals surface area (Å²) in [6, 6.07) is 6.66. The van der Waals surface area contributed by atoms with Gasteiger partial charge in [-0.15, -0.1) is 0 Å². The van der Waals surface area contributed by atoms with Crippen LogP contribution in [0.15, 0.2) is 30.6 Å². The van der Waals surface area contributed by atoms with Gasteiger partial charge in [-0.2, -0.15) is 5.10 Å². The number of aromatic nitrogens is 2. The summed E-state index contributed by atoms with van der Waals surface area (Å²) in [5.74, 6) is 0.00838. The zero-order valence-corrected chi connectivity index (χ0v) is 13.8. The maximum Gasteiger partial charge on any atom is 0.239 e. The Balaban J connectivity index is 1.95. The molecule has 2 aromatic rings. The molecule has 23 heavy (non-hydrogen) atoms. The van der Waals surface area contributed by atoms with E-state index in [1.165, 1.54) is 5.69 Å². The minimum absolute atomic E-state index is 0.00838. The van der Waals surface area contributed by atoms with Gasteiger partial charge in [0.2, 0.25) is 6.43 Å². The summed E-state index contributed by atoms with van der Waals surface area (Å²) in [6.07, 6.45) is 2.26. The van der Waals surface area contributed by atoms with Crippen molar-refractivity contribution in [2.24, 2.45) is 13.0 Å². The van der Waals surface area contributed by atoms with E-state index in [9.17, 15) is 8.78 Å². The molecule has 1 unspecified atom stereocenters. The number of rotatable bonds is 4. The molecule has 0 spiro atoms. The Morgan fingerprint density at radius 2 is 2.04 bits per heavy atom. The van der Waals surface area contributed by atoms with Crippen molar-refractivity contribution in [3.8, 4) is 11.1 Å². The minimum Gasteiger partial charge on any atom is -0.369 e. The summed E-state index contributed by atoms with van der Waals surface area (Å²) < 4.78 is 27.5. The molecule has 124 valence electrons. The molecule has 1 aliphatic heterocycles. The largest absolute Gasteiger partial charge is 0.369 e. The van der Waals surface area contributed by atoms with Crippen LogP contribution in [0, 0.1) is 5.92 Å². The number of halogens is 2. The van der Waals surface area contributed by atoms with Crippen LogP contribution in [0.4, 0.5) is 14.5 Å². The summed E-state index contributed by atoms with van der Waals surface area (Å²) in [5, 5.41) is 4.21. The van der Waals surface area contributed by atoms with Gasteiger partial charge in [-0.05, 0) is 49.4 Å². The molecule has 2 heterocycles. The average molecular weight is 319 g/mol. The van der Waals surface area contributed by atoms with Crippen molar-refractivity contribution in [3.63, 3.8) is 0 Å². The third-order valence-corrected chi connectivity index (χ3v) is 4.53. The van der Waals surface area contributed by atoms with Crippen molar-refractivity contribution in [1.82, 2.24) is 9.78 Å².